The molecule has 20 heavy (non-hydrogen) atoms. The van der Waals surface area contributed by atoms with Gasteiger partial charge in [-0.1, -0.05) is 30.3 Å². The molecule has 1 aliphatic rings. The molecule has 0 spiro atoms. The molecule has 0 bridgehead atoms. The summed E-state index contributed by atoms with van der Waals surface area (Å²) < 4.78 is 5.62. The van der Waals surface area contributed by atoms with E-state index in [2.05, 4.69) is 5.32 Å². The normalized spacial score (nSPS) is 18.8. The second-order valence-electron chi connectivity index (χ2n) is 5.34. The largest absolute Gasteiger partial charge is 0.375 e. The summed E-state index contributed by atoms with van der Waals surface area (Å²) in [6, 6.07) is 10.1. The van der Waals surface area contributed by atoms with Crippen LogP contribution in [0.15, 0.2) is 30.3 Å². The molecule has 4 nitrogen and oxygen atoms in total. The molecule has 1 aromatic rings. The van der Waals surface area contributed by atoms with Crippen molar-refractivity contribution in [2.24, 2.45) is 5.92 Å². The topological polar surface area (TPSA) is 41.6 Å². The van der Waals surface area contributed by atoms with E-state index in [0.717, 1.165) is 31.5 Å². The Balaban J connectivity index is 1.64. The molecule has 1 aromatic carbocycles. The Kier molecular flexibility index (Phi) is 6.02. The van der Waals surface area contributed by atoms with Crippen LogP contribution in [0, 0.1) is 5.92 Å². The quantitative estimate of drug-likeness (QED) is 0.804. The van der Waals surface area contributed by atoms with Crippen LogP contribution in [-0.2, 0) is 16.1 Å². The van der Waals surface area contributed by atoms with Gasteiger partial charge in [0.25, 0.3) is 0 Å². The van der Waals surface area contributed by atoms with E-state index >= 15 is 0 Å². The lowest BCUT2D eigenvalue weighted by Gasteiger charge is -2.26. The number of ether oxygens (including phenoxy) is 1. The Morgan fingerprint density at radius 3 is 2.90 bits per heavy atom. The van der Waals surface area contributed by atoms with Gasteiger partial charge in [-0.2, -0.15) is 0 Å². The number of piperidine rings is 1. The highest BCUT2D eigenvalue weighted by Crippen LogP contribution is 2.12. The van der Waals surface area contributed by atoms with Gasteiger partial charge < -0.3 is 15.0 Å². The van der Waals surface area contributed by atoms with E-state index in [-0.39, 0.29) is 11.8 Å². The van der Waals surface area contributed by atoms with Crippen molar-refractivity contribution in [2.45, 2.75) is 19.4 Å². The van der Waals surface area contributed by atoms with Crippen LogP contribution in [0.4, 0.5) is 0 Å². The Hall–Kier alpha value is -1.39. The molecule has 0 radical (unpaired) electrons. The molecular formula is C16H24N2O2. The van der Waals surface area contributed by atoms with Gasteiger partial charge in [-0.25, -0.2) is 0 Å². The first kappa shape index (κ1) is 15.0. The number of amides is 1. The maximum absolute atomic E-state index is 12.2. The van der Waals surface area contributed by atoms with Crippen LogP contribution < -0.4 is 5.32 Å². The molecule has 1 atom stereocenters. The van der Waals surface area contributed by atoms with Gasteiger partial charge in [0.2, 0.25) is 5.91 Å². The van der Waals surface area contributed by atoms with Crippen LogP contribution >= 0.6 is 0 Å². The maximum Gasteiger partial charge on any atom is 0.226 e. The van der Waals surface area contributed by atoms with E-state index in [0.29, 0.717) is 19.8 Å². The van der Waals surface area contributed by atoms with E-state index < -0.39 is 0 Å². The monoisotopic (exact) mass is 276 g/mol. The predicted octanol–water partition coefficient (Wildman–Crippen LogP) is 1.66. The molecule has 1 heterocycles. The Morgan fingerprint density at radius 2 is 2.20 bits per heavy atom. The number of hydrogen-bond donors (Lipinski definition) is 1. The van der Waals surface area contributed by atoms with E-state index in [4.69, 9.17) is 4.74 Å². The van der Waals surface area contributed by atoms with Gasteiger partial charge in [-0.05, 0) is 24.9 Å². The van der Waals surface area contributed by atoms with E-state index in [9.17, 15) is 4.79 Å². The third-order valence-corrected chi connectivity index (χ3v) is 3.70. The van der Waals surface area contributed by atoms with Gasteiger partial charge in [-0.3, -0.25) is 4.79 Å². The van der Waals surface area contributed by atoms with Crippen LogP contribution in [0.1, 0.15) is 18.4 Å². The van der Waals surface area contributed by atoms with Gasteiger partial charge in [0.15, 0.2) is 0 Å². The molecule has 0 aromatic heterocycles. The van der Waals surface area contributed by atoms with Crippen molar-refractivity contribution < 1.29 is 9.53 Å². The number of likely N-dealkylation sites (N-methyl/N-ethyl adjacent to an activating group) is 1. The number of nitrogens with one attached hydrogen (secondary N) is 1. The molecule has 4 heteroatoms. The van der Waals surface area contributed by atoms with Crippen LogP contribution in [0.3, 0.4) is 0 Å². The summed E-state index contributed by atoms with van der Waals surface area (Å²) in [4.78, 5) is 14.0. The summed E-state index contributed by atoms with van der Waals surface area (Å²) in [5.41, 5.74) is 1.16. The lowest BCUT2D eigenvalue weighted by Crippen LogP contribution is -2.42. The smallest absolute Gasteiger partial charge is 0.226 e. The first-order valence-electron chi connectivity index (χ1n) is 7.35. The Morgan fingerprint density at radius 1 is 1.40 bits per heavy atom. The van der Waals surface area contributed by atoms with Crippen molar-refractivity contribution in [3.63, 3.8) is 0 Å². The fourth-order valence-electron chi connectivity index (χ4n) is 2.45. The maximum atomic E-state index is 12.2. The number of nitrogens with zero attached hydrogens (tertiary/aromatic N) is 1. The van der Waals surface area contributed by atoms with E-state index in [1.807, 2.05) is 37.4 Å². The Bertz CT molecular complexity index is 402. The van der Waals surface area contributed by atoms with E-state index in [1.54, 1.807) is 4.90 Å². The first-order chi connectivity index (χ1) is 9.77. The van der Waals surface area contributed by atoms with Crippen molar-refractivity contribution in [3.05, 3.63) is 35.9 Å². The van der Waals surface area contributed by atoms with Gasteiger partial charge >= 0.3 is 0 Å². The van der Waals surface area contributed by atoms with Gasteiger partial charge in [0.1, 0.15) is 0 Å². The summed E-state index contributed by atoms with van der Waals surface area (Å²) in [6.45, 7) is 3.69. The van der Waals surface area contributed by atoms with Crippen molar-refractivity contribution in [2.75, 3.05) is 33.3 Å². The zero-order chi connectivity index (χ0) is 14.2. The summed E-state index contributed by atoms with van der Waals surface area (Å²) in [5.74, 6) is 0.378. The van der Waals surface area contributed by atoms with Crippen LogP contribution in [0.5, 0.6) is 0 Å². The van der Waals surface area contributed by atoms with Crippen molar-refractivity contribution >= 4 is 5.91 Å². The number of carbonyl (C=O) groups excluding carboxylic acids is 1. The second-order valence-corrected chi connectivity index (χ2v) is 5.34. The number of rotatable bonds is 6. The van der Waals surface area contributed by atoms with Crippen LogP contribution in [0.2, 0.25) is 0 Å². The zero-order valence-corrected chi connectivity index (χ0v) is 12.2. The number of carbonyl (C=O) groups is 1. The summed E-state index contributed by atoms with van der Waals surface area (Å²) >= 11 is 0. The first-order valence-corrected chi connectivity index (χ1v) is 7.35. The molecule has 0 aliphatic carbocycles. The van der Waals surface area contributed by atoms with Gasteiger partial charge in [-0.15, -0.1) is 0 Å². The Labute approximate surface area is 121 Å². The molecule has 1 unspecified atom stereocenters. The SMILES string of the molecule is CN(CCOCc1ccccc1)C(=O)C1CCCNC1. The average Bonchev–Trinajstić information content (AvgIpc) is 2.52. The minimum atomic E-state index is 0.142. The minimum absolute atomic E-state index is 0.142. The third-order valence-electron chi connectivity index (χ3n) is 3.70. The number of benzene rings is 1. The highest BCUT2D eigenvalue weighted by Gasteiger charge is 2.23. The van der Waals surface area contributed by atoms with Gasteiger partial charge in [0.05, 0.1) is 19.1 Å². The lowest BCUT2D eigenvalue weighted by molar-refractivity contribution is -0.135. The van der Waals surface area contributed by atoms with Crippen molar-refractivity contribution in [1.82, 2.24) is 10.2 Å². The highest BCUT2D eigenvalue weighted by molar-refractivity contribution is 5.78. The third kappa shape index (κ3) is 4.62. The fraction of sp³-hybridized carbons (Fsp3) is 0.562. The lowest BCUT2D eigenvalue weighted by atomic mass is 9.98. The fourth-order valence-corrected chi connectivity index (χ4v) is 2.45. The zero-order valence-electron chi connectivity index (χ0n) is 12.2. The van der Waals surface area contributed by atoms with Crippen molar-refractivity contribution in [3.8, 4) is 0 Å². The van der Waals surface area contributed by atoms with Crippen LogP contribution in [0.25, 0.3) is 0 Å². The highest BCUT2D eigenvalue weighted by atomic mass is 16.5. The minimum Gasteiger partial charge on any atom is -0.375 e. The molecule has 1 amide bonds. The predicted molar refractivity (Wildman–Crippen MR) is 79.3 cm³/mol. The van der Waals surface area contributed by atoms with E-state index in [1.165, 1.54) is 0 Å². The summed E-state index contributed by atoms with van der Waals surface area (Å²) in [5, 5.41) is 3.28. The molecule has 1 aliphatic heterocycles. The molecule has 0 saturated carbocycles. The summed E-state index contributed by atoms with van der Waals surface area (Å²) in [6.07, 6.45) is 2.09. The molecular weight excluding hydrogens is 252 g/mol. The standard InChI is InChI=1S/C16H24N2O2/c1-18(16(19)15-8-5-9-17-12-15)10-11-20-13-14-6-3-2-4-7-14/h2-4,6-7,15,17H,5,8-13H2,1H3. The molecule has 1 saturated heterocycles. The molecule has 2 rings (SSSR count). The second kappa shape index (κ2) is 8.02. The van der Waals surface area contributed by atoms with Crippen LogP contribution in [-0.4, -0.2) is 44.1 Å². The molecule has 110 valence electrons. The van der Waals surface area contributed by atoms with Crippen molar-refractivity contribution in [1.29, 1.82) is 0 Å². The van der Waals surface area contributed by atoms with Gasteiger partial charge in [0, 0.05) is 20.1 Å². The number of hydrogen-bond acceptors (Lipinski definition) is 3. The molecule has 1 N–H and O–H groups in total. The molecule has 1 fully saturated rings. The average molecular weight is 276 g/mol. The summed E-state index contributed by atoms with van der Waals surface area (Å²) in [7, 11) is 1.86.